The van der Waals surface area contributed by atoms with Gasteiger partial charge in [-0.2, -0.15) is 0 Å². The van der Waals surface area contributed by atoms with Crippen molar-refractivity contribution in [2.45, 2.75) is 18.6 Å². The van der Waals surface area contributed by atoms with Gasteiger partial charge in [0.05, 0.1) is 4.92 Å². The summed E-state index contributed by atoms with van der Waals surface area (Å²) in [5.41, 5.74) is -0.225. The van der Waals surface area contributed by atoms with E-state index >= 15 is 0 Å². The maximum Gasteiger partial charge on any atom is 0.312 e. The first kappa shape index (κ1) is 12.8. The maximum absolute atomic E-state index is 11.2. The molecule has 0 bridgehead atoms. The molecular weight excluding hydrogens is 262 g/mol. The van der Waals surface area contributed by atoms with E-state index in [-0.39, 0.29) is 28.7 Å². The van der Waals surface area contributed by atoms with Crippen LogP contribution in [0, 0.1) is 10.1 Å². The third kappa shape index (κ3) is 2.30. The van der Waals surface area contributed by atoms with Gasteiger partial charge >= 0.3 is 5.69 Å². The zero-order chi connectivity index (χ0) is 13.3. The molecule has 0 saturated heterocycles. The summed E-state index contributed by atoms with van der Waals surface area (Å²) in [6.45, 7) is 0. The molecule has 96 valence electrons. The molecule has 0 radical (unpaired) electrons. The summed E-state index contributed by atoms with van der Waals surface area (Å²) in [7, 11) is 1.40. The van der Waals surface area contributed by atoms with Crippen molar-refractivity contribution in [3.63, 3.8) is 0 Å². The molecule has 1 aliphatic rings. The van der Waals surface area contributed by atoms with E-state index in [4.69, 9.17) is 21.1 Å². The molecule has 6 nitrogen and oxygen atoms in total. The normalized spacial score (nSPS) is 22.4. The Labute approximate surface area is 108 Å². The lowest BCUT2D eigenvalue weighted by Gasteiger charge is -2.33. The van der Waals surface area contributed by atoms with E-state index in [1.54, 1.807) is 0 Å². The summed E-state index contributed by atoms with van der Waals surface area (Å²) in [4.78, 5) is 21.4. The average molecular weight is 272 g/mol. The number of carbonyl (C=O) groups is 1. The lowest BCUT2D eigenvalue weighted by atomic mass is 9.90. The number of carbonyl (C=O) groups excluding carboxylic acids is 1. The van der Waals surface area contributed by atoms with Crippen molar-refractivity contribution < 1.29 is 19.2 Å². The molecule has 1 aromatic carbocycles. The van der Waals surface area contributed by atoms with E-state index in [0.717, 1.165) is 0 Å². The van der Waals surface area contributed by atoms with Crippen molar-refractivity contribution in [3.8, 4) is 5.75 Å². The van der Waals surface area contributed by atoms with Crippen LogP contribution in [0.25, 0.3) is 0 Å². The lowest BCUT2D eigenvalue weighted by Crippen LogP contribution is -2.51. The predicted molar refractivity (Wildman–Crippen MR) is 62.9 cm³/mol. The van der Waals surface area contributed by atoms with Crippen LogP contribution in [0.15, 0.2) is 18.2 Å². The van der Waals surface area contributed by atoms with E-state index in [9.17, 15) is 14.9 Å². The Morgan fingerprint density at radius 3 is 2.78 bits per heavy atom. The number of nitro benzene ring substituents is 1. The van der Waals surface area contributed by atoms with Crippen LogP contribution in [-0.2, 0) is 9.53 Å². The van der Waals surface area contributed by atoms with Gasteiger partial charge in [0.15, 0.2) is 17.6 Å². The maximum atomic E-state index is 11.2. The molecule has 1 fully saturated rings. The van der Waals surface area contributed by atoms with Crippen LogP contribution in [0.4, 0.5) is 5.69 Å². The summed E-state index contributed by atoms with van der Waals surface area (Å²) in [5.74, 6) is 0.0167. The van der Waals surface area contributed by atoms with E-state index < -0.39 is 17.1 Å². The lowest BCUT2D eigenvalue weighted by molar-refractivity contribution is -0.386. The minimum absolute atomic E-state index is 0.0703. The Morgan fingerprint density at radius 2 is 2.22 bits per heavy atom. The minimum atomic E-state index is -0.653. The van der Waals surface area contributed by atoms with Gasteiger partial charge in [0, 0.05) is 24.6 Å². The van der Waals surface area contributed by atoms with Crippen LogP contribution in [0.1, 0.15) is 6.42 Å². The fraction of sp³-hybridized carbons (Fsp3) is 0.364. The predicted octanol–water partition coefficient (Wildman–Crippen LogP) is 1.98. The molecule has 2 atom stereocenters. The Balaban J connectivity index is 2.19. The fourth-order valence-electron chi connectivity index (χ4n) is 1.75. The molecule has 0 spiro atoms. The highest BCUT2D eigenvalue weighted by Gasteiger charge is 2.42. The summed E-state index contributed by atoms with van der Waals surface area (Å²) in [6, 6.07) is 4.11. The number of halogens is 1. The highest BCUT2D eigenvalue weighted by molar-refractivity contribution is 6.30. The van der Waals surface area contributed by atoms with Gasteiger partial charge in [-0.15, -0.1) is 0 Å². The van der Waals surface area contributed by atoms with Crippen LogP contribution in [0.5, 0.6) is 5.75 Å². The summed E-state index contributed by atoms with van der Waals surface area (Å²) >= 11 is 5.69. The quantitative estimate of drug-likeness (QED) is 0.618. The summed E-state index contributed by atoms with van der Waals surface area (Å²) in [6.07, 6.45) is -0.944. The topological polar surface area (TPSA) is 78.7 Å². The molecule has 7 heteroatoms. The molecule has 18 heavy (non-hydrogen) atoms. The number of methoxy groups -OCH3 is 1. The molecule has 1 aromatic rings. The van der Waals surface area contributed by atoms with Gasteiger partial charge in [-0.25, -0.2) is 0 Å². The van der Waals surface area contributed by atoms with Crippen molar-refractivity contribution in [3.05, 3.63) is 33.3 Å². The molecule has 0 aromatic heterocycles. The van der Waals surface area contributed by atoms with Crippen LogP contribution >= 0.6 is 11.6 Å². The molecule has 2 unspecified atom stereocenters. The number of hydrogen-bond acceptors (Lipinski definition) is 5. The van der Waals surface area contributed by atoms with E-state index in [0.29, 0.717) is 0 Å². The van der Waals surface area contributed by atoms with Gasteiger partial charge < -0.3 is 9.47 Å². The number of rotatable bonds is 4. The smallest absolute Gasteiger partial charge is 0.312 e. The van der Waals surface area contributed by atoms with Gasteiger partial charge in [-0.05, 0) is 12.1 Å². The second kappa shape index (κ2) is 4.91. The molecule has 0 heterocycles. The Hall–Kier alpha value is -1.66. The van der Waals surface area contributed by atoms with Gasteiger partial charge in [-0.3, -0.25) is 14.9 Å². The van der Waals surface area contributed by atoms with Crippen molar-refractivity contribution in [1.82, 2.24) is 0 Å². The van der Waals surface area contributed by atoms with Crippen LogP contribution in [0.3, 0.4) is 0 Å². The Morgan fingerprint density at radius 1 is 1.50 bits per heavy atom. The largest absolute Gasteiger partial charge is 0.480 e. The summed E-state index contributed by atoms with van der Waals surface area (Å²) in [5, 5.41) is 11.1. The first-order valence-corrected chi connectivity index (χ1v) is 5.57. The molecular formula is C11H10ClNO5. The molecule has 0 N–H and O–H groups in total. The molecule has 0 aliphatic heterocycles. The molecule has 0 amide bonds. The number of ketones is 1. The van der Waals surface area contributed by atoms with Crippen LogP contribution in [-0.4, -0.2) is 30.0 Å². The van der Waals surface area contributed by atoms with Crippen molar-refractivity contribution in [1.29, 1.82) is 0 Å². The second-order valence-electron chi connectivity index (χ2n) is 3.85. The van der Waals surface area contributed by atoms with Gasteiger partial charge in [0.1, 0.15) is 6.10 Å². The highest BCUT2D eigenvalue weighted by atomic mass is 35.5. The Bertz CT molecular complexity index is 504. The SMILES string of the molecule is COC1C(=O)CC1Oc1ccc(Cl)cc1[N+](=O)[O-]. The first-order valence-electron chi connectivity index (χ1n) is 5.19. The third-order valence-corrected chi connectivity index (χ3v) is 2.94. The number of benzene rings is 1. The number of ether oxygens (including phenoxy) is 2. The highest BCUT2D eigenvalue weighted by Crippen LogP contribution is 2.33. The van der Waals surface area contributed by atoms with Crippen LogP contribution < -0.4 is 4.74 Å². The van der Waals surface area contributed by atoms with Gasteiger partial charge in [-0.1, -0.05) is 11.6 Å². The minimum Gasteiger partial charge on any atom is -0.480 e. The fourth-order valence-corrected chi connectivity index (χ4v) is 1.92. The molecule has 1 aliphatic carbocycles. The first-order chi connectivity index (χ1) is 8.52. The van der Waals surface area contributed by atoms with E-state index in [2.05, 4.69) is 0 Å². The number of nitro groups is 1. The number of Topliss-reactive ketones (excluding diaryl/α,β-unsaturated/α-hetero) is 1. The standard InChI is InChI=1S/C11H10ClNO5/c1-17-11-8(14)5-10(11)18-9-3-2-6(12)4-7(9)13(15)16/h2-4,10-11H,5H2,1H3. The second-order valence-corrected chi connectivity index (χ2v) is 4.29. The number of nitrogens with zero attached hydrogens (tertiary/aromatic N) is 1. The van der Waals surface area contributed by atoms with Crippen molar-refractivity contribution >= 4 is 23.1 Å². The van der Waals surface area contributed by atoms with E-state index in [1.165, 1.54) is 25.3 Å². The van der Waals surface area contributed by atoms with Crippen molar-refractivity contribution in [2.75, 3.05) is 7.11 Å². The molecule has 1 saturated carbocycles. The van der Waals surface area contributed by atoms with Crippen LogP contribution in [0.2, 0.25) is 5.02 Å². The Kier molecular flexibility index (Phi) is 3.49. The molecule has 2 rings (SSSR count). The number of hydrogen-bond donors (Lipinski definition) is 0. The third-order valence-electron chi connectivity index (χ3n) is 2.71. The average Bonchev–Trinajstić information content (AvgIpc) is 2.30. The van der Waals surface area contributed by atoms with Crippen molar-refractivity contribution in [2.24, 2.45) is 0 Å². The van der Waals surface area contributed by atoms with E-state index in [1.807, 2.05) is 0 Å². The monoisotopic (exact) mass is 271 g/mol. The zero-order valence-corrected chi connectivity index (χ0v) is 10.2. The van der Waals surface area contributed by atoms with Gasteiger partial charge in [0.2, 0.25) is 0 Å². The van der Waals surface area contributed by atoms with Gasteiger partial charge in [0.25, 0.3) is 0 Å². The zero-order valence-electron chi connectivity index (χ0n) is 9.46. The summed E-state index contributed by atoms with van der Waals surface area (Å²) < 4.78 is 10.4.